The Morgan fingerprint density at radius 1 is 1.33 bits per heavy atom. The van der Waals surface area contributed by atoms with E-state index >= 15 is 0 Å². The quantitative estimate of drug-likeness (QED) is 0.835. The van der Waals surface area contributed by atoms with Crippen LogP contribution in [0.1, 0.15) is 25.0 Å². The molecule has 18 heavy (non-hydrogen) atoms. The lowest BCUT2D eigenvalue weighted by Crippen LogP contribution is -2.48. The van der Waals surface area contributed by atoms with Crippen LogP contribution in [-0.4, -0.2) is 29.8 Å². The normalized spacial score (nSPS) is 11.2. The minimum atomic E-state index is -0.621. The molecule has 0 atom stereocenters. The first-order chi connectivity index (χ1) is 8.34. The van der Waals surface area contributed by atoms with Crippen LogP contribution in [0.25, 0.3) is 0 Å². The molecule has 0 fully saturated rings. The van der Waals surface area contributed by atoms with Gasteiger partial charge in [-0.05, 0) is 51.0 Å². The summed E-state index contributed by atoms with van der Waals surface area (Å²) in [6, 6.07) is 5.70. The third-order valence-electron chi connectivity index (χ3n) is 2.72. The largest absolute Gasteiger partial charge is 0.484 e. The average molecular weight is 251 g/mol. The second kappa shape index (κ2) is 5.87. The lowest BCUT2D eigenvalue weighted by Gasteiger charge is -2.23. The maximum absolute atomic E-state index is 11.6. The van der Waals surface area contributed by atoms with Gasteiger partial charge in [0, 0.05) is 0 Å². The molecule has 0 unspecified atom stereocenters. The standard InChI is InChI=1S/C14H21NO3/c1-10-5-6-12(7-11(10)2)18-8-13(17)15-14(3,4)9-16/h5-7,16H,8-9H2,1-4H3,(H,15,17). The number of aryl methyl sites for hydroxylation is 2. The van der Waals surface area contributed by atoms with Crippen molar-refractivity contribution in [3.05, 3.63) is 29.3 Å². The van der Waals surface area contributed by atoms with Gasteiger partial charge in [-0.1, -0.05) is 6.07 Å². The molecule has 1 rings (SSSR count). The number of carbonyl (C=O) groups excluding carboxylic acids is 1. The molecule has 0 aliphatic carbocycles. The Morgan fingerprint density at radius 2 is 2.00 bits per heavy atom. The molecule has 1 amide bonds. The molecule has 0 saturated carbocycles. The average Bonchev–Trinajstić information content (AvgIpc) is 2.30. The van der Waals surface area contributed by atoms with Gasteiger partial charge in [-0.2, -0.15) is 0 Å². The molecular formula is C14H21NO3. The second-order valence-electron chi connectivity index (χ2n) is 5.12. The van der Waals surface area contributed by atoms with Crippen LogP contribution in [0.2, 0.25) is 0 Å². The van der Waals surface area contributed by atoms with Crippen molar-refractivity contribution in [2.75, 3.05) is 13.2 Å². The highest BCUT2D eigenvalue weighted by atomic mass is 16.5. The first-order valence-electron chi connectivity index (χ1n) is 5.96. The number of rotatable bonds is 5. The first kappa shape index (κ1) is 14.5. The zero-order valence-corrected chi connectivity index (χ0v) is 11.4. The molecule has 0 saturated heterocycles. The molecule has 0 spiro atoms. The van der Waals surface area contributed by atoms with Gasteiger partial charge in [0.2, 0.25) is 0 Å². The van der Waals surface area contributed by atoms with Crippen LogP contribution in [-0.2, 0) is 4.79 Å². The van der Waals surface area contributed by atoms with E-state index in [0.29, 0.717) is 5.75 Å². The molecule has 4 heteroatoms. The van der Waals surface area contributed by atoms with E-state index in [1.807, 2.05) is 32.0 Å². The summed E-state index contributed by atoms with van der Waals surface area (Å²) in [5, 5.41) is 11.7. The lowest BCUT2D eigenvalue weighted by atomic mass is 10.1. The molecule has 0 aromatic heterocycles. The Balaban J connectivity index is 2.50. The number of aliphatic hydroxyl groups excluding tert-OH is 1. The van der Waals surface area contributed by atoms with Gasteiger partial charge in [-0.3, -0.25) is 4.79 Å². The van der Waals surface area contributed by atoms with Gasteiger partial charge in [-0.15, -0.1) is 0 Å². The maximum Gasteiger partial charge on any atom is 0.258 e. The lowest BCUT2D eigenvalue weighted by molar-refractivity contribution is -0.125. The zero-order valence-electron chi connectivity index (χ0n) is 11.4. The van der Waals surface area contributed by atoms with E-state index < -0.39 is 5.54 Å². The molecule has 0 bridgehead atoms. The summed E-state index contributed by atoms with van der Waals surface area (Å²) in [5.74, 6) is 0.433. The Kier molecular flexibility index (Phi) is 4.73. The van der Waals surface area contributed by atoms with Crippen LogP contribution < -0.4 is 10.1 Å². The van der Waals surface area contributed by atoms with Crippen molar-refractivity contribution in [1.82, 2.24) is 5.32 Å². The molecule has 1 aromatic rings. The molecule has 4 nitrogen and oxygen atoms in total. The zero-order chi connectivity index (χ0) is 13.8. The highest BCUT2D eigenvalue weighted by Gasteiger charge is 2.19. The van der Waals surface area contributed by atoms with Gasteiger partial charge in [-0.25, -0.2) is 0 Å². The van der Waals surface area contributed by atoms with Gasteiger partial charge >= 0.3 is 0 Å². The van der Waals surface area contributed by atoms with Gasteiger partial charge in [0.25, 0.3) is 5.91 Å². The molecule has 0 aliphatic rings. The Morgan fingerprint density at radius 3 is 2.56 bits per heavy atom. The fraction of sp³-hybridized carbons (Fsp3) is 0.500. The highest BCUT2D eigenvalue weighted by Crippen LogP contribution is 2.16. The molecule has 2 N–H and O–H groups in total. The summed E-state index contributed by atoms with van der Waals surface area (Å²) in [6.07, 6.45) is 0. The predicted molar refractivity (Wildman–Crippen MR) is 70.7 cm³/mol. The summed E-state index contributed by atoms with van der Waals surface area (Å²) >= 11 is 0. The summed E-state index contributed by atoms with van der Waals surface area (Å²) in [5.41, 5.74) is 1.70. The number of carbonyl (C=O) groups is 1. The first-order valence-corrected chi connectivity index (χ1v) is 5.96. The monoisotopic (exact) mass is 251 g/mol. The number of benzene rings is 1. The van der Waals surface area contributed by atoms with Crippen LogP contribution in [0.15, 0.2) is 18.2 Å². The highest BCUT2D eigenvalue weighted by molar-refractivity contribution is 5.78. The molecule has 100 valence electrons. The van der Waals surface area contributed by atoms with Crippen molar-refractivity contribution in [2.24, 2.45) is 0 Å². The van der Waals surface area contributed by atoms with Crippen LogP contribution in [0.5, 0.6) is 5.75 Å². The van der Waals surface area contributed by atoms with E-state index in [2.05, 4.69) is 5.32 Å². The van der Waals surface area contributed by atoms with E-state index in [1.54, 1.807) is 13.8 Å². The predicted octanol–water partition coefficient (Wildman–Crippen LogP) is 1.57. The van der Waals surface area contributed by atoms with Crippen LogP contribution >= 0.6 is 0 Å². The molecule has 1 aromatic carbocycles. The van der Waals surface area contributed by atoms with Crippen molar-refractivity contribution in [3.8, 4) is 5.75 Å². The SMILES string of the molecule is Cc1ccc(OCC(=O)NC(C)(C)CO)cc1C. The van der Waals surface area contributed by atoms with Crippen molar-refractivity contribution < 1.29 is 14.6 Å². The van der Waals surface area contributed by atoms with E-state index in [4.69, 9.17) is 9.84 Å². The third-order valence-corrected chi connectivity index (χ3v) is 2.72. The number of aliphatic hydroxyl groups is 1. The van der Waals surface area contributed by atoms with Gasteiger partial charge in [0.15, 0.2) is 6.61 Å². The number of nitrogens with one attached hydrogen (secondary N) is 1. The Bertz CT molecular complexity index is 427. The minimum Gasteiger partial charge on any atom is -0.484 e. The van der Waals surface area contributed by atoms with E-state index in [1.165, 1.54) is 5.56 Å². The van der Waals surface area contributed by atoms with E-state index in [0.717, 1.165) is 5.56 Å². The molecule has 0 aliphatic heterocycles. The summed E-state index contributed by atoms with van der Waals surface area (Å²) in [6.45, 7) is 7.36. The molecule has 0 heterocycles. The summed E-state index contributed by atoms with van der Waals surface area (Å²) in [4.78, 5) is 11.6. The third kappa shape index (κ3) is 4.37. The number of ether oxygens (including phenoxy) is 1. The molecular weight excluding hydrogens is 230 g/mol. The van der Waals surface area contributed by atoms with Crippen molar-refractivity contribution in [3.63, 3.8) is 0 Å². The molecule has 0 radical (unpaired) electrons. The van der Waals surface area contributed by atoms with Crippen molar-refractivity contribution >= 4 is 5.91 Å². The Hall–Kier alpha value is -1.55. The van der Waals surface area contributed by atoms with E-state index in [-0.39, 0.29) is 19.1 Å². The summed E-state index contributed by atoms with van der Waals surface area (Å²) in [7, 11) is 0. The van der Waals surface area contributed by atoms with Crippen LogP contribution in [0, 0.1) is 13.8 Å². The fourth-order valence-corrected chi connectivity index (χ4v) is 1.41. The second-order valence-corrected chi connectivity index (χ2v) is 5.12. The van der Waals surface area contributed by atoms with Gasteiger partial charge < -0.3 is 15.2 Å². The maximum atomic E-state index is 11.6. The Labute approximate surface area is 108 Å². The van der Waals surface area contributed by atoms with Crippen molar-refractivity contribution in [2.45, 2.75) is 33.2 Å². The van der Waals surface area contributed by atoms with Crippen LogP contribution in [0.4, 0.5) is 0 Å². The topological polar surface area (TPSA) is 58.6 Å². The van der Waals surface area contributed by atoms with Crippen LogP contribution in [0.3, 0.4) is 0 Å². The number of amides is 1. The van der Waals surface area contributed by atoms with Gasteiger partial charge in [0.1, 0.15) is 5.75 Å². The van der Waals surface area contributed by atoms with Gasteiger partial charge in [0.05, 0.1) is 12.1 Å². The number of hydrogen-bond donors (Lipinski definition) is 2. The fourth-order valence-electron chi connectivity index (χ4n) is 1.41. The number of hydrogen-bond acceptors (Lipinski definition) is 3. The smallest absolute Gasteiger partial charge is 0.258 e. The van der Waals surface area contributed by atoms with Crippen molar-refractivity contribution in [1.29, 1.82) is 0 Å². The summed E-state index contributed by atoms with van der Waals surface area (Å²) < 4.78 is 5.40. The van der Waals surface area contributed by atoms with E-state index in [9.17, 15) is 4.79 Å². The minimum absolute atomic E-state index is 0.0497.